The van der Waals surface area contributed by atoms with Crippen LogP contribution in [0.4, 0.5) is 15.3 Å². The first-order chi connectivity index (χ1) is 12.9. The predicted molar refractivity (Wildman–Crippen MR) is 101 cm³/mol. The number of rotatable bonds is 6. The van der Waals surface area contributed by atoms with Crippen molar-refractivity contribution in [1.82, 2.24) is 10.6 Å². The number of methoxy groups -OCH3 is 1. The van der Waals surface area contributed by atoms with Gasteiger partial charge in [-0.25, -0.2) is 14.4 Å². The third-order valence-corrected chi connectivity index (χ3v) is 3.85. The molecule has 2 rings (SSSR count). The summed E-state index contributed by atoms with van der Waals surface area (Å²) < 4.78 is 4.64. The molecule has 0 spiro atoms. The molecule has 8 heteroatoms. The molecule has 8 nitrogen and oxygen atoms in total. The number of carbonyl (C=O) groups excluding carboxylic acids is 3. The van der Waals surface area contributed by atoms with Gasteiger partial charge in [0, 0.05) is 12.2 Å². The fraction of sp³-hybridized carbons (Fsp3) is 0.211. The lowest BCUT2D eigenvalue weighted by molar-refractivity contribution is 0.0600. The van der Waals surface area contributed by atoms with Crippen molar-refractivity contribution in [1.29, 1.82) is 0 Å². The molecule has 2 aromatic carbocycles. The summed E-state index contributed by atoms with van der Waals surface area (Å²) in [6.45, 7) is 2.17. The Morgan fingerprint density at radius 3 is 2.22 bits per heavy atom. The first-order valence-corrected chi connectivity index (χ1v) is 8.27. The Labute approximate surface area is 157 Å². The molecule has 5 N–H and O–H groups in total. The number of nitrogens with two attached hydrogens (primary N) is 1. The van der Waals surface area contributed by atoms with Gasteiger partial charge >= 0.3 is 18.0 Å². The van der Waals surface area contributed by atoms with E-state index in [1.165, 1.54) is 7.11 Å². The van der Waals surface area contributed by atoms with Crippen molar-refractivity contribution in [2.75, 3.05) is 12.4 Å². The first-order valence-electron chi connectivity index (χ1n) is 8.27. The van der Waals surface area contributed by atoms with Gasteiger partial charge < -0.3 is 26.4 Å². The second-order valence-electron chi connectivity index (χ2n) is 5.85. The van der Waals surface area contributed by atoms with Gasteiger partial charge in [0.1, 0.15) is 0 Å². The molecule has 4 amide bonds. The van der Waals surface area contributed by atoms with Crippen molar-refractivity contribution >= 4 is 23.7 Å². The number of benzene rings is 2. The standard InChI is InChI=1S/C19H22N4O4/c1-12(14-7-9-16(10-8-14)23-18(20)25)22-19(26)21-11-13-3-5-15(6-4-13)17(24)27-2/h3-10,12H,11H2,1-2H3,(H3,20,23,25)(H2,21,22,26)/t12-/m0/s1. The number of hydrogen-bond donors (Lipinski definition) is 4. The molecule has 0 saturated heterocycles. The summed E-state index contributed by atoms with van der Waals surface area (Å²) in [5.74, 6) is -0.405. The van der Waals surface area contributed by atoms with Gasteiger partial charge in [-0.15, -0.1) is 0 Å². The molecule has 0 bridgehead atoms. The van der Waals surface area contributed by atoms with E-state index in [0.717, 1.165) is 11.1 Å². The lowest BCUT2D eigenvalue weighted by Gasteiger charge is -2.15. The zero-order valence-electron chi connectivity index (χ0n) is 15.1. The summed E-state index contributed by atoms with van der Waals surface area (Å²) >= 11 is 0. The van der Waals surface area contributed by atoms with Crippen LogP contribution in [0.1, 0.15) is 34.5 Å². The van der Waals surface area contributed by atoms with Crippen LogP contribution in [0.5, 0.6) is 0 Å². The monoisotopic (exact) mass is 370 g/mol. The average molecular weight is 370 g/mol. The summed E-state index contributed by atoms with van der Waals surface area (Å²) in [7, 11) is 1.32. The highest BCUT2D eigenvalue weighted by Crippen LogP contribution is 2.16. The van der Waals surface area contributed by atoms with Crippen LogP contribution < -0.4 is 21.7 Å². The van der Waals surface area contributed by atoms with E-state index in [0.29, 0.717) is 17.8 Å². The topological polar surface area (TPSA) is 123 Å². The summed E-state index contributed by atoms with van der Waals surface area (Å²) in [6, 6.07) is 12.6. The third kappa shape index (κ3) is 6.03. The maximum absolute atomic E-state index is 12.1. The van der Waals surface area contributed by atoms with Crippen LogP contribution in [0.25, 0.3) is 0 Å². The van der Waals surface area contributed by atoms with Gasteiger partial charge in [-0.1, -0.05) is 24.3 Å². The lowest BCUT2D eigenvalue weighted by atomic mass is 10.1. The second kappa shape index (κ2) is 9.23. The molecule has 0 aliphatic heterocycles. The van der Waals surface area contributed by atoms with Crippen LogP contribution >= 0.6 is 0 Å². The van der Waals surface area contributed by atoms with Crippen LogP contribution in [-0.4, -0.2) is 25.1 Å². The van der Waals surface area contributed by atoms with E-state index in [-0.39, 0.29) is 12.1 Å². The molecular weight excluding hydrogens is 348 g/mol. The van der Waals surface area contributed by atoms with Crippen LogP contribution in [0.2, 0.25) is 0 Å². The Morgan fingerprint density at radius 1 is 1.04 bits per heavy atom. The summed E-state index contributed by atoms with van der Waals surface area (Å²) in [5, 5.41) is 8.06. The largest absolute Gasteiger partial charge is 0.465 e. The number of carbonyl (C=O) groups is 3. The van der Waals surface area contributed by atoms with Crippen molar-refractivity contribution in [3.63, 3.8) is 0 Å². The molecular formula is C19H22N4O4. The zero-order valence-corrected chi connectivity index (χ0v) is 15.1. The molecule has 0 aromatic heterocycles. The molecule has 2 aromatic rings. The highest BCUT2D eigenvalue weighted by molar-refractivity contribution is 5.89. The maximum atomic E-state index is 12.1. The number of primary amides is 1. The highest BCUT2D eigenvalue weighted by Gasteiger charge is 2.10. The summed E-state index contributed by atoms with van der Waals surface area (Å²) in [5.41, 5.74) is 7.83. The van der Waals surface area contributed by atoms with Gasteiger partial charge in [0.15, 0.2) is 0 Å². The summed E-state index contributed by atoms with van der Waals surface area (Å²) in [4.78, 5) is 34.3. The van der Waals surface area contributed by atoms with E-state index in [1.807, 2.05) is 6.92 Å². The zero-order chi connectivity index (χ0) is 19.8. The maximum Gasteiger partial charge on any atom is 0.337 e. The Kier molecular flexibility index (Phi) is 6.76. The van der Waals surface area contributed by atoms with Gasteiger partial charge in [0.2, 0.25) is 0 Å². The van der Waals surface area contributed by atoms with E-state index in [2.05, 4.69) is 20.7 Å². The van der Waals surface area contributed by atoms with Gasteiger partial charge in [-0.05, 0) is 42.3 Å². The van der Waals surface area contributed by atoms with Crippen LogP contribution in [0.3, 0.4) is 0 Å². The molecule has 0 unspecified atom stereocenters. The first kappa shape index (κ1) is 19.8. The van der Waals surface area contributed by atoms with E-state index >= 15 is 0 Å². The molecule has 0 radical (unpaired) electrons. The number of amides is 4. The van der Waals surface area contributed by atoms with Gasteiger partial charge in [0.25, 0.3) is 0 Å². The van der Waals surface area contributed by atoms with Gasteiger partial charge in [-0.3, -0.25) is 0 Å². The lowest BCUT2D eigenvalue weighted by Crippen LogP contribution is -2.36. The predicted octanol–water partition coefficient (Wildman–Crippen LogP) is 2.52. The number of ether oxygens (including phenoxy) is 1. The molecule has 142 valence electrons. The van der Waals surface area contributed by atoms with E-state index < -0.39 is 12.0 Å². The van der Waals surface area contributed by atoms with Crippen molar-refractivity contribution in [2.45, 2.75) is 19.5 Å². The quantitative estimate of drug-likeness (QED) is 0.584. The molecule has 0 heterocycles. The smallest absolute Gasteiger partial charge is 0.337 e. The molecule has 0 fully saturated rings. The normalized spacial score (nSPS) is 11.2. The van der Waals surface area contributed by atoms with E-state index in [4.69, 9.17) is 5.73 Å². The van der Waals surface area contributed by atoms with Crippen molar-refractivity contribution < 1.29 is 19.1 Å². The Morgan fingerprint density at radius 2 is 1.67 bits per heavy atom. The number of anilines is 1. The minimum Gasteiger partial charge on any atom is -0.465 e. The summed E-state index contributed by atoms with van der Waals surface area (Å²) in [6.07, 6.45) is 0. The number of esters is 1. The molecule has 27 heavy (non-hydrogen) atoms. The molecule has 1 atom stereocenters. The average Bonchev–Trinajstić information content (AvgIpc) is 2.66. The third-order valence-electron chi connectivity index (χ3n) is 3.85. The Hall–Kier alpha value is -3.55. The number of nitrogens with one attached hydrogen (secondary N) is 3. The fourth-order valence-electron chi connectivity index (χ4n) is 2.39. The number of hydrogen-bond acceptors (Lipinski definition) is 4. The van der Waals surface area contributed by atoms with Crippen LogP contribution in [0, 0.1) is 0 Å². The number of urea groups is 2. The van der Waals surface area contributed by atoms with E-state index in [1.54, 1.807) is 48.5 Å². The van der Waals surface area contributed by atoms with E-state index in [9.17, 15) is 14.4 Å². The highest BCUT2D eigenvalue weighted by atomic mass is 16.5. The Bertz CT molecular complexity index is 803. The van der Waals surface area contributed by atoms with Crippen LogP contribution in [0.15, 0.2) is 48.5 Å². The molecule has 0 aliphatic rings. The van der Waals surface area contributed by atoms with Crippen molar-refractivity contribution in [3.05, 3.63) is 65.2 Å². The fourth-order valence-corrected chi connectivity index (χ4v) is 2.39. The van der Waals surface area contributed by atoms with Gasteiger partial charge in [0.05, 0.1) is 18.7 Å². The SMILES string of the molecule is COC(=O)c1ccc(CNC(=O)N[C@@H](C)c2ccc(NC(N)=O)cc2)cc1. The Balaban J connectivity index is 1.84. The second-order valence-corrected chi connectivity index (χ2v) is 5.85. The minimum absolute atomic E-state index is 0.227. The minimum atomic E-state index is -0.632. The van der Waals surface area contributed by atoms with Gasteiger partial charge in [-0.2, -0.15) is 0 Å². The van der Waals surface area contributed by atoms with Crippen molar-refractivity contribution in [2.24, 2.45) is 5.73 Å². The van der Waals surface area contributed by atoms with Crippen LogP contribution in [-0.2, 0) is 11.3 Å². The van der Waals surface area contributed by atoms with Crippen molar-refractivity contribution in [3.8, 4) is 0 Å². The molecule has 0 saturated carbocycles. The molecule has 0 aliphatic carbocycles.